The summed E-state index contributed by atoms with van der Waals surface area (Å²) in [5.41, 5.74) is 0.647. The third-order valence-electron chi connectivity index (χ3n) is 2.19. The molecule has 0 saturated heterocycles. The molecule has 0 aliphatic rings. The predicted octanol–water partition coefficient (Wildman–Crippen LogP) is 3.84. The van der Waals surface area contributed by atoms with Crippen molar-refractivity contribution in [1.82, 2.24) is 4.98 Å². The number of rotatable bonds is 6. The lowest BCUT2D eigenvalue weighted by Crippen LogP contribution is -2.06. The maximum atomic E-state index is 11.6. The number of halogens is 1. The first kappa shape index (κ1) is 13.5. The smallest absolute Gasteiger partial charge is 0.350 e. The Kier molecular flexibility index (Phi) is 5.77. The van der Waals surface area contributed by atoms with Crippen molar-refractivity contribution < 1.29 is 9.53 Å². The highest BCUT2D eigenvalue weighted by molar-refractivity contribution is 7.17. The van der Waals surface area contributed by atoms with Crippen LogP contribution in [0.15, 0.2) is 0 Å². The van der Waals surface area contributed by atoms with Crippen LogP contribution >= 0.6 is 22.9 Å². The van der Waals surface area contributed by atoms with Gasteiger partial charge in [0.25, 0.3) is 0 Å². The zero-order valence-electron chi connectivity index (χ0n) is 9.59. The molecule has 1 aromatic heterocycles. The van der Waals surface area contributed by atoms with Crippen LogP contribution in [-0.4, -0.2) is 17.6 Å². The maximum absolute atomic E-state index is 11.6. The number of nitrogens with zero attached hydrogens (tertiary/aromatic N) is 1. The molecule has 1 heterocycles. The number of carbonyl (C=O) groups excluding carboxylic acids is 1. The molecule has 0 radical (unpaired) electrons. The second-order valence-electron chi connectivity index (χ2n) is 3.58. The highest BCUT2D eigenvalue weighted by atomic mass is 35.5. The first-order valence-corrected chi connectivity index (χ1v) is 6.64. The van der Waals surface area contributed by atoms with Gasteiger partial charge in [-0.05, 0) is 13.3 Å². The van der Waals surface area contributed by atoms with Crippen molar-refractivity contribution in [3.05, 3.63) is 15.0 Å². The standard InChI is InChI=1S/C11H16ClNO2S/c1-3-4-5-6-7-15-10(14)9-8(2)13-11(12)16-9/h3-7H2,1-2H3. The van der Waals surface area contributed by atoms with Gasteiger partial charge in [-0.15, -0.1) is 0 Å². The molecule has 0 aliphatic carbocycles. The second kappa shape index (κ2) is 6.86. The van der Waals surface area contributed by atoms with Gasteiger partial charge < -0.3 is 4.74 Å². The molecular weight excluding hydrogens is 246 g/mol. The Bertz CT molecular complexity index is 352. The Balaban J connectivity index is 2.33. The summed E-state index contributed by atoms with van der Waals surface area (Å²) < 4.78 is 5.53. The number of aromatic nitrogens is 1. The van der Waals surface area contributed by atoms with Crippen molar-refractivity contribution in [3.8, 4) is 0 Å². The first-order chi connectivity index (χ1) is 7.65. The summed E-state index contributed by atoms with van der Waals surface area (Å²) in [6, 6.07) is 0. The van der Waals surface area contributed by atoms with Gasteiger partial charge in [0.15, 0.2) is 4.47 Å². The third kappa shape index (κ3) is 4.10. The van der Waals surface area contributed by atoms with Crippen LogP contribution in [0.25, 0.3) is 0 Å². The van der Waals surface area contributed by atoms with Crippen LogP contribution < -0.4 is 0 Å². The van der Waals surface area contributed by atoms with Crippen molar-refractivity contribution >= 4 is 28.9 Å². The van der Waals surface area contributed by atoms with Crippen LogP contribution in [0.1, 0.15) is 48.0 Å². The molecular formula is C11H16ClNO2S. The van der Waals surface area contributed by atoms with Crippen molar-refractivity contribution in [2.75, 3.05) is 6.61 Å². The minimum atomic E-state index is -0.307. The fourth-order valence-corrected chi connectivity index (χ4v) is 2.36. The molecule has 0 N–H and O–H groups in total. The summed E-state index contributed by atoms with van der Waals surface area (Å²) in [5, 5.41) is 0. The van der Waals surface area contributed by atoms with E-state index >= 15 is 0 Å². The van der Waals surface area contributed by atoms with Crippen LogP contribution in [-0.2, 0) is 4.74 Å². The van der Waals surface area contributed by atoms with E-state index in [0.29, 0.717) is 21.6 Å². The Morgan fingerprint density at radius 1 is 1.44 bits per heavy atom. The quantitative estimate of drug-likeness (QED) is 0.577. The minimum Gasteiger partial charge on any atom is -0.461 e. The van der Waals surface area contributed by atoms with Gasteiger partial charge in [0.1, 0.15) is 4.88 Å². The van der Waals surface area contributed by atoms with Crippen LogP contribution in [0.2, 0.25) is 4.47 Å². The number of hydrogen-bond donors (Lipinski definition) is 0. The predicted molar refractivity (Wildman–Crippen MR) is 66.3 cm³/mol. The summed E-state index contributed by atoms with van der Waals surface area (Å²) in [4.78, 5) is 16.1. The molecule has 0 bridgehead atoms. The summed E-state index contributed by atoms with van der Waals surface area (Å²) in [6.45, 7) is 4.39. The van der Waals surface area contributed by atoms with Crippen LogP contribution in [0.5, 0.6) is 0 Å². The number of ether oxygens (including phenoxy) is 1. The lowest BCUT2D eigenvalue weighted by atomic mass is 10.2. The van der Waals surface area contributed by atoms with Gasteiger partial charge in [-0.25, -0.2) is 9.78 Å². The molecule has 1 aromatic rings. The van der Waals surface area contributed by atoms with Gasteiger partial charge in [0, 0.05) is 0 Å². The van der Waals surface area contributed by atoms with Gasteiger partial charge in [-0.3, -0.25) is 0 Å². The topological polar surface area (TPSA) is 39.2 Å². The number of esters is 1. The average Bonchev–Trinajstić information content (AvgIpc) is 2.57. The van der Waals surface area contributed by atoms with Gasteiger partial charge in [0.05, 0.1) is 12.3 Å². The molecule has 0 aromatic carbocycles. The fraction of sp³-hybridized carbons (Fsp3) is 0.636. The van der Waals surface area contributed by atoms with E-state index in [1.54, 1.807) is 6.92 Å². The number of hydrogen-bond acceptors (Lipinski definition) is 4. The van der Waals surface area contributed by atoms with E-state index < -0.39 is 0 Å². The van der Waals surface area contributed by atoms with Crippen molar-refractivity contribution in [3.63, 3.8) is 0 Å². The Morgan fingerprint density at radius 2 is 2.19 bits per heavy atom. The van der Waals surface area contributed by atoms with E-state index in [4.69, 9.17) is 16.3 Å². The summed E-state index contributed by atoms with van der Waals surface area (Å²) in [5.74, 6) is -0.307. The van der Waals surface area contributed by atoms with Crippen LogP contribution in [0.4, 0.5) is 0 Å². The lowest BCUT2D eigenvalue weighted by molar-refractivity contribution is 0.0502. The number of carbonyl (C=O) groups is 1. The van der Waals surface area contributed by atoms with Crippen molar-refractivity contribution in [2.24, 2.45) is 0 Å². The van der Waals surface area contributed by atoms with E-state index in [9.17, 15) is 4.79 Å². The molecule has 0 fully saturated rings. The van der Waals surface area contributed by atoms with E-state index in [2.05, 4.69) is 11.9 Å². The van der Waals surface area contributed by atoms with E-state index in [0.717, 1.165) is 12.8 Å². The Hall–Kier alpha value is -0.610. The minimum absolute atomic E-state index is 0.307. The SMILES string of the molecule is CCCCCCOC(=O)c1sc(Cl)nc1C. The first-order valence-electron chi connectivity index (χ1n) is 5.45. The fourth-order valence-electron chi connectivity index (χ4n) is 1.31. The van der Waals surface area contributed by atoms with E-state index in [1.807, 2.05) is 0 Å². The van der Waals surface area contributed by atoms with E-state index in [1.165, 1.54) is 24.2 Å². The normalized spacial score (nSPS) is 10.4. The van der Waals surface area contributed by atoms with Gasteiger partial charge >= 0.3 is 5.97 Å². The molecule has 0 spiro atoms. The third-order valence-corrected chi connectivity index (χ3v) is 3.43. The zero-order chi connectivity index (χ0) is 12.0. The molecule has 5 heteroatoms. The highest BCUT2D eigenvalue weighted by Crippen LogP contribution is 2.22. The second-order valence-corrected chi connectivity index (χ2v) is 5.16. The molecule has 0 aliphatic heterocycles. The van der Waals surface area contributed by atoms with E-state index in [-0.39, 0.29) is 5.97 Å². The maximum Gasteiger partial charge on any atom is 0.350 e. The Morgan fingerprint density at radius 3 is 2.75 bits per heavy atom. The van der Waals surface area contributed by atoms with Gasteiger partial charge in [0.2, 0.25) is 0 Å². The van der Waals surface area contributed by atoms with Crippen molar-refractivity contribution in [1.29, 1.82) is 0 Å². The molecule has 1 rings (SSSR count). The molecule has 0 unspecified atom stereocenters. The van der Waals surface area contributed by atoms with Gasteiger partial charge in [-0.1, -0.05) is 49.1 Å². The molecule has 0 saturated carbocycles. The molecule has 90 valence electrons. The van der Waals surface area contributed by atoms with Crippen LogP contribution in [0.3, 0.4) is 0 Å². The lowest BCUT2D eigenvalue weighted by Gasteiger charge is -2.02. The molecule has 0 amide bonds. The average molecular weight is 262 g/mol. The number of unbranched alkanes of at least 4 members (excludes halogenated alkanes) is 3. The Labute approximate surface area is 105 Å². The molecule has 16 heavy (non-hydrogen) atoms. The van der Waals surface area contributed by atoms with Gasteiger partial charge in [-0.2, -0.15) is 0 Å². The summed E-state index contributed by atoms with van der Waals surface area (Å²) in [7, 11) is 0. The summed E-state index contributed by atoms with van der Waals surface area (Å²) >= 11 is 6.88. The monoisotopic (exact) mass is 261 g/mol. The number of thiazole rings is 1. The highest BCUT2D eigenvalue weighted by Gasteiger charge is 2.15. The van der Waals surface area contributed by atoms with Crippen molar-refractivity contribution in [2.45, 2.75) is 39.5 Å². The van der Waals surface area contributed by atoms with Crippen LogP contribution in [0, 0.1) is 6.92 Å². The number of aryl methyl sites for hydroxylation is 1. The largest absolute Gasteiger partial charge is 0.461 e. The molecule has 3 nitrogen and oxygen atoms in total. The summed E-state index contributed by atoms with van der Waals surface area (Å²) in [6.07, 6.45) is 4.39. The zero-order valence-corrected chi connectivity index (χ0v) is 11.2. The molecule has 0 atom stereocenters.